The number of urea groups is 1. The zero-order valence-electron chi connectivity index (χ0n) is 15.1. The lowest BCUT2D eigenvalue weighted by Gasteiger charge is -2.36. The van der Waals surface area contributed by atoms with Gasteiger partial charge in [-0.25, -0.2) is 9.18 Å². The number of carbonyl (C=O) groups excluding carboxylic acids is 1. The van der Waals surface area contributed by atoms with Crippen molar-refractivity contribution in [1.29, 1.82) is 0 Å². The van der Waals surface area contributed by atoms with Crippen LogP contribution in [0.4, 0.5) is 35.0 Å². The number of hydrogen-bond donors (Lipinski definition) is 1. The van der Waals surface area contributed by atoms with Gasteiger partial charge in [-0.15, -0.1) is 0 Å². The van der Waals surface area contributed by atoms with Crippen molar-refractivity contribution in [3.63, 3.8) is 0 Å². The number of carbonyl (C=O) groups is 1. The molecule has 3 rings (SSSR count). The third-order valence-corrected chi connectivity index (χ3v) is 4.39. The summed E-state index contributed by atoms with van der Waals surface area (Å²) in [5.74, 6) is -0.713. The van der Waals surface area contributed by atoms with E-state index in [4.69, 9.17) is 0 Å². The van der Waals surface area contributed by atoms with Crippen LogP contribution in [0.25, 0.3) is 0 Å². The van der Waals surface area contributed by atoms with Gasteiger partial charge in [0.05, 0.1) is 10.6 Å². The molecule has 2 amide bonds. The average Bonchev–Trinajstić information content (AvgIpc) is 2.69. The van der Waals surface area contributed by atoms with Gasteiger partial charge in [0.15, 0.2) is 0 Å². The molecule has 0 aromatic heterocycles. The van der Waals surface area contributed by atoms with Gasteiger partial charge in [0.1, 0.15) is 11.6 Å². The molecular weight excluding hydrogens is 393 g/mol. The lowest BCUT2D eigenvalue weighted by Crippen LogP contribution is -2.50. The molecule has 2 aromatic rings. The maximum atomic E-state index is 13.0. The molecule has 0 unspecified atom stereocenters. The topological polar surface area (TPSA) is 87.9 Å². The number of benzene rings is 2. The molecule has 0 bridgehead atoms. The van der Waals surface area contributed by atoms with Crippen LogP contribution in [0.2, 0.25) is 0 Å². The van der Waals surface area contributed by atoms with E-state index in [0.717, 1.165) is 23.9 Å². The van der Waals surface area contributed by atoms with Gasteiger partial charge in [0.2, 0.25) is 0 Å². The first-order valence-electron chi connectivity index (χ1n) is 8.63. The molecule has 0 spiro atoms. The van der Waals surface area contributed by atoms with E-state index in [1.807, 2.05) is 4.90 Å². The lowest BCUT2D eigenvalue weighted by molar-refractivity contribution is -0.384. The molecule has 1 fully saturated rings. The number of nitrogens with zero attached hydrogens (tertiary/aromatic N) is 3. The minimum absolute atomic E-state index is 0.217. The van der Waals surface area contributed by atoms with Crippen LogP contribution in [0.1, 0.15) is 0 Å². The highest BCUT2D eigenvalue weighted by Crippen LogP contribution is 2.31. The van der Waals surface area contributed by atoms with Crippen LogP contribution in [-0.2, 0) is 0 Å². The van der Waals surface area contributed by atoms with Crippen LogP contribution in [0, 0.1) is 15.9 Å². The molecule has 1 N–H and O–H groups in total. The smallest absolute Gasteiger partial charge is 0.387 e. The van der Waals surface area contributed by atoms with Crippen molar-refractivity contribution in [2.75, 3.05) is 36.4 Å². The Morgan fingerprint density at radius 2 is 1.76 bits per heavy atom. The number of hydrogen-bond acceptors (Lipinski definition) is 5. The van der Waals surface area contributed by atoms with Crippen LogP contribution in [0.15, 0.2) is 42.5 Å². The third-order valence-electron chi connectivity index (χ3n) is 4.39. The number of halogens is 3. The fourth-order valence-corrected chi connectivity index (χ4v) is 2.94. The Bertz CT molecular complexity index is 887. The second-order valence-electron chi connectivity index (χ2n) is 6.20. The Labute approximate surface area is 163 Å². The number of ether oxygens (including phenoxy) is 1. The van der Waals surface area contributed by atoms with Crippen molar-refractivity contribution in [2.45, 2.75) is 6.61 Å². The van der Waals surface area contributed by atoms with E-state index in [1.54, 1.807) is 12.1 Å². The SMILES string of the molecule is O=C(Nc1cc([N+](=O)[O-])ccc1OC(F)F)N1CCN(c2ccc(F)cc2)CC1. The fourth-order valence-electron chi connectivity index (χ4n) is 2.94. The van der Waals surface area contributed by atoms with Gasteiger partial charge in [0, 0.05) is 44.0 Å². The molecular formula is C18H17F3N4O4. The molecule has 29 heavy (non-hydrogen) atoms. The molecule has 1 saturated heterocycles. The van der Waals surface area contributed by atoms with Crippen molar-refractivity contribution >= 4 is 23.1 Å². The number of amides is 2. The minimum atomic E-state index is -3.15. The molecule has 0 saturated carbocycles. The summed E-state index contributed by atoms with van der Waals surface area (Å²) in [7, 11) is 0. The summed E-state index contributed by atoms with van der Waals surface area (Å²) >= 11 is 0. The maximum Gasteiger partial charge on any atom is 0.387 e. The van der Waals surface area contributed by atoms with Gasteiger partial charge in [-0.1, -0.05) is 0 Å². The van der Waals surface area contributed by atoms with Gasteiger partial charge in [-0.05, 0) is 30.3 Å². The molecule has 2 aromatic carbocycles. The minimum Gasteiger partial charge on any atom is -0.433 e. The molecule has 1 aliphatic rings. The average molecular weight is 410 g/mol. The Morgan fingerprint density at radius 1 is 1.10 bits per heavy atom. The Kier molecular flexibility index (Phi) is 6.05. The fraction of sp³-hybridized carbons (Fsp3) is 0.278. The summed E-state index contributed by atoms with van der Waals surface area (Å²) in [6, 6.07) is 8.36. The molecule has 8 nitrogen and oxygen atoms in total. The van der Waals surface area contributed by atoms with E-state index in [9.17, 15) is 28.1 Å². The van der Waals surface area contributed by atoms with Crippen LogP contribution in [0.5, 0.6) is 5.75 Å². The quantitative estimate of drug-likeness (QED) is 0.600. The summed E-state index contributed by atoms with van der Waals surface area (Å²) in [5, 5.41) is 13.3. The number of nitro groups is 1. The van der Waals surface area contributed by atoms with E-state index in [-0.39, 0.29) is 22.9 Å². The first-order chi connectivity index (χ1) is 13.8. The zero-order chi connectivity index (χ0) is 21.0. The van der Waals surface area contributed by atoms with E-state index in [0.29, 0.717) is 26.2 Å². The molecule has 1 heterocycles. The van der Waals surface area contributed by atoms with Crippen LogP contribution < -0.4 is 15.0 Å². The molecule has 0 radical (unpaired) electrons. The third kappa shape index (κ3) is 5.06. The maximum absolute atomic E-state index is 13.0. The summed E-state index contributed by atoms with van der Waals surface area (Å²) in [6.07, 6.45) is 0. The van der Waals surface area contributed by atoms with Gasteiger partial charge >= 0.3 is 12.6 Å². The first-order valence-corrected chi connectivity index (χ1v) is 8.63. The van der Waals surface area contributed by atoms with Gasteiger partial charge in [0.25, 0.3) is 5.69 Å². The first kappa shape index (κ1) is 20.2. The molecule has 0 aliphatic carbocycles. The Balaban J connectivity index is 1.66. The van der Waals surface area contributed by atoms with Crippen LogP contribution in [0.3, 0.4) is 0 Å². The molecule has 0 atom stereocenters. The summed E-state index contributed by atoms with van der Waals surface area (Å²) < 4.78 is 42.5. The summed E-state index contributed by atoms with van der Waals surface area (Å²) in [4.78, 5) is 26.2. The number of nitrogens with one attached hydrogen (secondary N) is 1. The number of piperazine rings is 1. The highest BCUT2D eigenvalue weighted by atomic mass is 19.3. The molecule has 1 aliphatic heterocycles. The number of anilines is 2. The van der Waals surface area contributed by atoms with Crippen molar-refractivity contribution in [2.24, 2.45) is 0 Å². The summed E-state index contributed by atoms with van der Waals surface area (Å²) in [6.45, 7) is -1.54. The van der Waals surface area contributed by atoms with Crippen molar-refractivity contribution in [3.05, 3.63) is 58.4 Å². The normalized spacial score (nSPS) is 14.1. The zero-order valence-corrected chi connectivity index (χ0v) is 15.1. The number of non-ortho nitro benzene ring substituents is 1. The largest absolute Gasteiger partial charge is 0.433 e. The van der Waals surface area contributed by atoms with E-state index in [2.05, 4.69) is 10.1 Å². The highest BCUT2D eigenvalue weighted by molar-refractivity contribution is 5.91. The number of nitro benzene ring substituents is 1. The standard InChI is InChI=1S/C18H17F3N4O4/c19-12-1-3-13(4-2-12)23-7-9-24(10-8-23)18(26)22-15-11-14(25(27)28)5-6-16(15)29-17(20)21/h1-6,11,17H,7-10H2,(H,22,26). The van der Waals surface area contributed by atoms with Gasteiger partial charge in [-0.3, -0.25) is 10.1 Å². The predicted molar refractivity (Wildman–Crippen MR) is 98.9 cm³/mol. The second-order valence-corrected chi connectivity index (χ2v) is 6.20. The number of alkyl halides is 2. The van der Waals surface area contributed by atoms with Gasteiger partial charge < -0.3 is 19.9 Å². The van der Waals surface area contributed by atoms with Crippen LogP contribution in [-0.4, -0.2) is 48.6 Å². The van der Waals surface area contributed by atoms with Crippen molar-refractivity contribution in [1.82, 2.24) is 4.90 Å². The Hall–Kier alpha value is -3.50. The Morgan fingerprint density at radius 3 is 2.34 bits per heavy atom. The number of rotatable bonds is 5. The second kappa shape index (κ2) is 8.67. The highest BCUT2D eigenvalue weighted by Gasteiger charge is 2.23. The summed E-state index contributed by atoms with van der Waals surface area (Å²) in [5.41, 5.74) is 0.228. The van der Waals surface area contributed by atoms with E-state index in [1.165, 1.54) is 17.0 Å². The van der Waals surface area contributed by atoms with E-state index < -0.39 is 17.6 Å². The van der Waals surface area contributed by atoms with Crippen molar-refractivity contribution < 1.29 is 27.6 Å². The predicted octanol–water partition coefficient (Wildman–Crippen LogP) is 3.69. The molecule has 11 heteroatoms. The molecule has 154 valence electrons. The van der Waals surface area contributed by atoms with Gasteiger partial charge in [-0.2, -0.15) is 8.78 Å². The monoisotopic (exact) mass is 410 g/mol. The lowest BCUT2D eigenvalue weighted by atomic mass is 10.2. The van der Waals surface area contributed by atoms with Crippen LogP contribution >= 0.6 is 0 Å². The van der Waals surface area contributed by atoms with E-state index >= 15 is 0 Å². The van der Waals surface area contributed by atoms with Crippen molar-refractivity contribution in [3.8, 4) is 5.75 Å².